The number of halogens is 1. The molecule has 7 heteroatoms. The smallest absolute Gasteiger partial charge is 0.321 e. The van der Waals surface area contributed by atoms with E-state index in [0.29, 0.717) is 5.56 Å². The number of benzene rings is 1. The lowest BCUT2D eigenvalue weighted by molar-refractivity contribution is -0.126. The van der Waals surface area contributed by atoms with Crippen molar-refractivity contribution in [3.8, 4) is 5.75 Å². The molecule has 1 aromatic carbocycles. The Labute approximate surface area is 125 Å². The van der Waals surface area contributed by atoms with E-state index < -0.39 is 18.0 Å². The van der Waals surface area contributed by atoms with Crippen molar-refractivity contribution in [3.63, 3.8) is 0 Å². The van der Waals surface area contributed by atoms with Gasteiger partial charge < -0.3 is 10.1 Å². The first kappa shape index (κ1) is 16.2. The lowest BCUT2D eigenvalue weighted by Crippen LogP contribution is -2.44. The van der Waals surface area contributed by atoms with Crippen LogP contribution in [0.5, 0.6) is 5.75 Å². The van der Waals surface area contributed by atoms with Gasteiger partial charge in [-0.1, -0.05) is 15.9 Å². The molecular formula is C13H15BrN2O4. The van der Waals surface area contributed by atoms with E-state index in [1.165, 1.54) is 20.9 Å². The molecule has 0 aliphatic heterocycles. The molecular weight excluding hydrogens is 328 g/mol. The minimum atomic E-state index is -0.917. The Bertz CT molecular complexity index is 545. The third-order valence-corrected chi connectivity index (χ3v) is 2.95. The third kappa shape index (κ3) is 4.34. The number of rotatable bonds is 4. The van der Waals surface area contributed by atoms with E-state index in [0.717, 1.165) is 4.47 Å². The summed E-state index contributed by atoms with van der Waals surface area (Å²) in [5.74, 6) is -0.489. The van der Waals surface area contributed by atoms with Crippen molar-refractivity contribution in [3.05, 3.63) is 28.2 Å². The SMILES string of the molecule is CNC(=O)NC(=O)C(C)Oc1cc(Br)ccc1C(C)=O. The molecule has 0 aliphatic rings. The van der Waals surface area contributed by atoms with Crippen molar-refractivity contribution < 1.29 is 19.1 Å². The van der Waals surface area contributed by atoms with Crippen molar-refractivity contribution in [2.75, 3.05) is 7.05 Å². The molecule has 0 aliphatic carbocycles. The van der Waals surface area contributed by atoms with E-state index in [4.69, 9.17) is 4.74 Å². The number of ether oxygens (including phenoxy) is 1. The van der Waals surface area contributed by atoms with Crippen LogP contribution in [0.1, 0.15) is 24.2 Å². The predicted octanol–water partition coefficient (Wildman–Crippen LogP) is 1.87. The lowest BCUT2D eigenvalue weighted by atomic mass is 10.1. The van der Waals surface area contributed by atoms with Crippen LogP contribution < -0.4 is 15.4 Å². The van der Waals surface area contributed by atoms with E-state index in [1.54, 1.807) is 18.2 Å². The third-order valence-electron chi connectivity index (χ3n) is 2.46. The van der Waals surface area contributed by atoms with E-state index in [9.17, 15) is 14.4 Å². The topological polar surface area (TPSA) is 84.5 Å². The summed E-state index contributed by atoms with van der Waals surface area (Å²) >= 11 is 3.27. The summed E-state index contributed by atoms with van der Waals surface area (Å²) in [7, 11) is 1.40. The Balaban J connectivity index is 2.87. The number of carbonyl (C=O) groups excluding carboxylic acids is 3. The Hall–Kier alpha value is -1.89. The second kappa shape index (κ2) is 7.04. The molecule has 1 rings (SSSR count). The molecule has 108 valence electrons. The van der Waals surface area contributed by atoms with Gasteiger partial charge in [-0.2, -0.15) is 0 Å². The number of Topliss-reactive ketones (excluding diaryl/α,β-unsaturated/α-hetero) is 1. The zero-order chi connectivity index (χ0) is 15.3. The van der Waals surface area contributed by atoms with Gasteiger partial charge in [0.25, 0.3) is 5.91 Å². The summed E-state index contributed by atoms with van der Waals surface area (Å²) in [5, 5.41) is 4.37. The first-order valence-corrected chi connectivity index (χ1v) is 6.64. The van der Waals surface area contributed by atoms with Gasteiger partial charge in [0, 0.05) is 11.5 Å². The quantitative estimate of drug-likeness (QED) is 0.818. The minimum Gasteiger partial charge on any atom is -0.480 e. The van der Waals surface area contributed by atoms with Crippen LogP contribution in [0, 0.1) is 0 Å². The zero-order valence-electron chi connectivity index (χ0n) is 11.3. The lowest BCUT2D eigenvalue weighted by Gasteiger charge is -2.16. The van der Waals surface area contributed by atoms with E-state index in [2.05, 4.69) is 26.6 Å². The summed E-state index contributed by atoms with van der Waals surface area (Å²) in [6.07, 6.45) is -0.917. The highest BCUT2D eigenvalue weighted by Gasteiger charge is 2.19. The van der Waals surface area contributed by atoms with Gasteiger partial charge in [-0.25, -0.2) is 4.79 Å². The minimum absolute atomic E-state index is 0.175. The monoisotopic (exact) mass is 342 g/mol. The fraction of sp³-hybridized carbons (Fsp3) is 0.308. The standard InChI is InChI=1S/C13H15BrN2O4/c1-7(17)10-5-4-9(14)6-11(10)20-8(2)12(18)16-13(19)15-3/h4-6,8H,1-3H3,(H2,15,16,18,19). The Morgan fingerprint density at radius 2 is 1.95 bits per heavy atom. The van der Waals surface area contributed by atoms with Crippen LogP contribution in [0.3, 0.4) is 0 Å². The maximum atomic E-state index is 11.7. The zero-order valence-corrected chi connectivity index (χ0v) is 12.9. The van der Waals surface area contributed by atoms with Gasteiger partial charge in [-0.15, -0.1) is 0 Å². The number of amides is 3. The molecule has 0 saturated carbocycles. The van der Waals surface area contributed by atoms with Crippen molar-refractivity contribution in [2.45, 2.75) is 20.0 Å². The maximum absolute atomic E-state index is 11.7. The van der Waals surface area contributed by atoms with E-state index in [1.807, 2.05) is 0 Å². The Kier molecular flexibility index (Phi) is 5.69. The average molecular weight is 343 g/mol. The second-order valence-electron chi connectivity index (χ2n) is 4.03. The molecule has 6 nitrogen and oxygen atoms in total. The Morgan fingerprint density at radius 3 is 2.50 bits per heavy atom. The summed E-state index contributed by atoms with van der Waals surface area (Å²) in [5.41, 5.74) is 0.368. The molecule has 0 radical (unpaired) electrons. The average Bonchev–Trinajstić information content (AvgIpc) is 2.38. The Morgan fingerprint density at radius 1 is 1.30 bits per heavy atom. The summed E-state index contributed by atoms with van der Waals surface area (Å²) in [6.45, 7) is 2.90. The second-order valence-corrected chi connectivity index (χ2v) is 4.94. The molecule has 0 aromatic heterocycles. The molecule has 3 amide bonds. The molecule has 1 atom stereocenters. The van der Waals surface area contributed by atoms with Crippen LogP contribution in [0.4, 0.5) is 4.79 Å². The van der Waals surface area contributed by atoms with Gasteiger partial charge in [-0.3, -0.25) is 14.9 Å². The summed E-state index contributed by atoms with van der Waals surface area (Å²) in [4.78, 5) is 34.2. The largest absolute Gasteiger partial charge is 0.480 e. The normalized spacial score (nSPS) is 11.4. The number of ketones is 1. The first-order chi connectivity index (χ1) is 9.35. The van der Waals surface area contributed by atoms with Crippen molar-refractivity contribution in [1.29, 1.82) is 0 Å². The van der Waals surface area contributed by atoms with E-state index >= 15 is 0 Å². The van der Waals surface area contributed by atoms with Crippen LogP contribution >= 0.6 is 15.9 Å². The molecule has 20 heavy (non-hydrogen) atoms. The molecule has 0 spiro atoms. The van der Waals surface area contributed by atoms with Gasteiger partial charge in [0.2, 0.25) is 0 Å². The summed E-state index contributed by atoms with van der Waals surface area (Å²) in [6, 6.07) is 4.29. The maximum Gasteiger partial charge on any atom is 0.321 e. The number of nitrogens with one attached hydrogen (secondary N) is 2. The van der Waals surface area contributed by atoms with Gasteiger partial charge in [0.05, 0.1) is 5.56 Å². The van der Waals surface area contributed by atoms with Crippen LogP contribution in [-0.2, 0) is 4.79 Å². The number of imide groups is 1. The highest BCUT2D eigenvalue weighted by atomic mass is 79.9. The van der Waals surface area contributed by atoms with Gasteiger partial charge >= 0.3 is 6.03 Å². The fourth-order valence-electron chi connectivity index (χ4n) is 1.40. The summed E-state index contributed by atoms with van der Waals surface area (Å²) < 4.78 is 6.17. The van der Waals surface area contributed by atoms with Gasteiger partial charge in [-0.05, 0) is 32.0 Å². The molecule has 2 N–H and O–H groups in total. The van der Waals surface area contributed by atoms with Crippen LogP contribution in [0.2, 0.25) is 0 Å². The van der Waals surface area contributed by atoms with Crippen LogP contribution in [0.15, 0.2) is 22.7 Å². The molecule has 0 bridgehead atoms. The van der Waals surface area contributed by atoms with Crippen molar-refractivity contribution >= 4 is 33.7 Å². The fourth-order valence-corrected chi connectivity index (χ4v) is 1.74. The number of hydrogen-bond acceptors (Lipinski definition) is 4. The molecule has 1 unspecified atom stereocenters. The van der Waals surface area contributed by atoms with Crippen molar-refractivity contribution in [2.24, 2.45) is 0 Å². The molecule has 0 fully saturated rings. The first-order valence-electron chi connectivity index (χ1n) is 5.85. The van der Waals surface area contributed by atoms with Gasteiger partial charge in [0.15, 0.2) is 11.9 Å². The van der Waals surface area contributed by atoms with Crippen molar-refractivity contribution in [1.82, 2.24) is 10.6 Å². The van der Waals surface area contributed by atoms with E-state index in [-0.39, 0.29) is 11.5 Å². The highest BCUT2D eigenvalue weighted by Crippen LogP contribution is 2.25. The number of hydrogen-bond donors (Lipinski definition) is 2. The molecule has 0 saturated heterocycles. The number of carbonyl (C=O) groups is 3. The predicted molar refractivity (Wildman–Crippen MR) is 76.8 cm³/mol. The van der Waals surface area contributed by atoms with Crippen LogP contribution in [-0.4, -0.2) is 30.9 Å². The van der Waals surface area contributed by atoms with Crippen LogP contribution in [0.25, 0.3) is 0 Å². The molecule has 0 heterocycles. The van der Waals surface area contributed by atoms with Gasteiger partial charge in [0.1, 0.15) is 5.75 Å². The number of urea groups is 1. The molecule has 1 aromatic rings. The highest BCUT2D eigenvalue weighted by molar-refractivity contribution is 9.10.